The second kappa shape index (κ2) is 7.82. The van der Waals surface area contributed by atoms with E-state index in [1.54, 1.807) is 12.1 Å². The van der Waals surface area contributed by atoms with Gasteiger partial charge in [0.1, 0.15) is 0 Å². The molecule has 0 bridgehead atoms. The lowest BCUT2D eigenvalue weighted by atomic mass is 10.1. The predicted molar refractivity (Wildman–Crippen MR) is 107 cm³/mol. The topological polar surface area (TPSA) is 91.8 Å². The average molecular weight is 397 g/mol. The molecule has 3 aromatic rings. The van der Waals surface area contributed by atoms with Crippen LogP contribution >= 0.6 is 0 Å². The summed E-state index contributed by atoms with van der Waals surface area (Å²) in [6.45, 7) is 0. The standard InChI is InChI=1S/C21H19NO5S/c1-22(18-9-6-15-4-2-3-5-17(15)14-18)28(26,27)19-10-7-16(8-11-19)20(23)12-13-21(24)25/h2-11,14H,12-13H2,1H3,(H,24,25). The number of Topliss-reactive ketones (excluding diaryl/α,β-unsaturated/α-hetero) is 1. The first-order valence-electron chi connectivity index (χ1n) is 8.62. The summed E-state index contributed by atoms with van der Waals surface area (Å²) in [6, 6.07) is 18.6. The second-order valence-corrected chi connectivity index (χ2v) is 8.31. The highest BCUT2D eigenvalue weighted by molar-refractivity contribution is 7.92. The zero-order valence-electron chi connectivity index (χ0n) is 15.2. The van der Waals surface area contributed by atoms with E-state index in [-0.39, 0.29) is 29.1 Å². The summed E-state index contributed by atoms with van der Waals surface area (Å²) in [5.74, 6) is -1.39. The fourth-order valence-electron chi connectivity index (χ4n) is 2.85. The van der Waals surface area contributed by atoms with Crippen LogP contribution in [0.3, 0.4) is 0 Å². The van der Waals surface area contributed by atoms with Gasteiger partial charge in [-0.25, -0.2) is 8.42 Å². The summed E-state index contributed by atoms with van der Waals surface area (Å²) < 4.78 is 27.1. The number of nitrogens with zero attached hydrogens (tertiary/aromatic N) is 1. The number of hydrogen-bond acceptors (Lipinski definition) is 4. The molecule has 6 nitrogen and oxygen atoms in total. The minimum Gasteiger partial charge on any atom is -0.481 e. The Morgan fingerprint density at radius 2 is 1.54 bits per heavy atom. The quantitative estimate of drug-likeness (QED) is 0.614. The largest absolute Gasteiger partial charge is 0.481 e. The molecule has 28 heavy (non-hydrogen) atoms. The molecule has 0 atom stereocenters. The summed E-state index contributed by atoms with van der Waals surface area (Å²) in [4.78, 5) is 22.6. The van der Waals surface area contributed by atoms with Crippen LogP contribution in [-0.4, -0.2) is 32.3 Å². The Balaban J connectivity index is 1.84. The number of carboxylic acids is 1. The van der Waals surface area contributed by atoms with Gasteiger partial charge in [0.2, 0.25) is 0 Å². The minimum absolute atomic E-state index is 0.0537. The molecule has 0 aliphatic heterocycles. The maximum Gasteiger partial charge on any atom is 0.303 e. The lowest BCUT2D eigenvalue weighted by molar-refractivity contribution is -0.136. The van der Waals surface area contributed by atoms with Crippen molar-refractivity contribution in [3.8, 4) is 0 Å². The molecule has 3 rings (SSSR count). The van der Waals surface area contributed by atoms with Crippen LogP contribution in [-0.2, 0) is 14.8 Å². The molecule has 0 spiro atoms. The molecule has 0 aliphatic rings. The van der Waals surface area contributed by atoms with Crippen LogP contribution in [0.25, 0.3) is 10.8 Å². The Kier molecular flexibility index (Phi) is 5.46. The number of fused-ring (bicyclic) bond motifs is 1. The molecule has 0 fully saturated rings. The molecule has 0 amide bonds. The van der Waals surface area contributed by atoms with Gasteiger partial charge in [-0.1, -0.05) is 42.5 Å². The van der Waals surface area contributed by atoms with E-state index in [1.807, 2.05) is 30.3 Å². The first kappa shape index (κ1) is 19.6. The van der Waals surface area contributed by atoms with Crippen molar-refractivity contribution in [2.24, 2.45) is 0 Å². The highest BCUT2D eigenvalue weighted by Crippen LogP contribution is 2.26. The van der Waals surface area contributed by atoms with E-state index in [0.717, 1.165) is 10.8 Å². The molecule has 0 heterocycles. The van der Waals surface area contributed by atoms with Crippen LogP contribution < -0.4 is 4.31 Å². The Hall–Kier alpha value is -3.19. The summed E-state index contributed by atoms with van der Waals surface area (Å²) in [6.07, 6.45) is -0.387. The van der Waals surface area contributed by atoms with Gasteiger partial charge in [-0.3, -0.25) is 13.9 Å². The van der Waals surface area contributed by atoms with Gasteiger partial charge in [0.15, 0.2) is 5.78 Å². The van der Waals surface area contributed by atoms with Crippen LogP contribution in [0.15, 0.2) is 71.6 Å². The molecule has 0 saturated heterocycles. The highest BCUT2D eigenvalue weighted by atomic mass is 32.2. The van der Waals surface area contributed by atoms with E-state index >= 15 is 0 Å². The van der Waals surface area contributed by atoms with Gasteiger partial charge in [0.25, 0.3) is 10.0 Å². The van der Waals surface area contributed by atoms with Gasteiger partial charge in [-0.15, -0.1) is 0 Å². The van der Waals surface area contributed by atoms with Crippen molar-refractivity contribution in [2.75, 3.05) is 11.4 Å². The van der Waals surface area contributed by atoms with Gasteiger partial charge in [0.05, 0.1) is 17.0 Å². The summed E-state index contributed by atoms with van der Waals surface area (Å²) >= 11 is 0. The number of hydrogen-bond donors (Lipinski definition) is 1. The van der Waals surface area contributed by atoms with Crippen molar-refractivity contribution in [2.45, 2.75) is 17.7 Å². The van der Waals surface area contributed by atoms with Gasteiger partial charge < -0.3 is 5.11 Å². The van der Waals surface area contributed by atoms with Crippen molar-refractivity contribution < 1.29 is 23.1 Å². The Bertz CT molecular complexity index is 1140. The molecule has 3 aromatic carbocycles. The highest BCUT2D eigenvalue weighted by Gasteiger charge is 2.22. The molecule has 144 valence electrons. The number of carboxylic acid groups (broad SMARTS) is 1. The number of carbonyl (C=O) groups excluding carboxylic acids is 1. The third-order valence-electron chi connectivity index (χ3n) is 4.50. The third-order valence-corrected chi connectivity index (χ3v) is 6.30. The number of ketones is 1. The SMILES string of the molecule is CN(c1ccc2ccccc2c1)S(=O)(=O)c1ccc(C(=O)CCC(=O)O)cc1. The van der Waals surface area contributed by atoms with Crippen LogP contribution in [0, 0.1) is 0 Å². The van der Waals surface area contributed by atoms with Crippen LogP contribution in [0.1, 0.15) is 23.2 Å². The van der Waals surface area contributed by atoms with E-state index in [2.05, 4.69) is 0 Å². The van der Waals surface area contributed by atoms with Crippen molar-refractivity contribution >= 4 is 38.2 Å². The number of sulfonamides is 1. The lowest BCUT2D eigenvalue weighted by Crippen LogP contribution is -2.26. The van der Waals surface area contributed by atoms with Crippen molar-refractivity contribution in [1.29, 1.82) is 0 Å². The van der Waals surface area contributed by atoms with E-state index in [0.29, 0.717) is 5.69 Å². The van der Waals surface area contributed by atoms with Crippen LogP contribution in [0.5, 0.6) is 0 Å². The monoisotopic (exact) mass is 397 g/mol. The maximum atomic E-state index is 12.9. The molecular weight excluding hydrogens is 378 g/mol. The van der Waals surface area contributed by atoms with E-state index in [9.17, 15) is 18.0 Å². The Morgan fingerprint density at radius 3 is 2.18 bits per heavy atom. The number of aliphatic carboxylic acids is 1. The first-order valence-corrected chi connectivity index (χ1v) is 10.1. The average Bonchev–Trinajstić information content (AvgIpc) is 2.71. The molecule has 7 heteroatoms. The van der Waals surface area contributed by atoms with Crippen LogP contribution in [0.2, 0.25) is 0 Å². The van der Waals surface area contributed by atoms with E-state index in [4.69, 9.17) is 5.11 Å². The van der Waals surface area contributed by atoms with Gasteiger partial charge in [0, 0.05) is 19.0 Å². The summed E-state index contributed by atoms with van der Waals surface area (Å²) in [5.41, 5.74) is 0.814. The fraction of sp³-hybridized carbons (Fsp3) is 0.143. The molecular formula is C21H19NO5S. The zero-order valence-corrected chi connectivity index (χ0v) is 16.0. The molecule has 1 N–H and O–H groups in total. The Labute approximate surface area is 163 Å². The Morgan fingerprint density at radius 1 is 0.893 bits per heavy atom. The van der Waals surface area contributed by atoms with Gasteiger partial charge >= 0.3 is 5.97 Å². The first-order chi connectivity index (χ1) is 13.3. The van der Waals surface area contributed by atoms with Crippen molar-refractivity contribution in [3.05, 3.63) is 72.3 Å². The van der Waals surface area contributed by atoms with Gasteiger partial charge in [-0.2, -0.15) is 0 Å². The van der Waals surface area contributed by atoms with Crippen molar-refractivity contribution in [1.82, 2.24) is 0 Å². The molecule has 0 aliphatic carbocycles. The summed E-state index contributed by atoms with van der Waals surface area (Å²) in [7, 11) is -2.32. The molecule has 0 radical (unpaired) electrons. The number of anilines is 1. The fourth-order valence-corrected chi connectivity index (χ4v) is 4.03. The van der Waals surface area contributed by atoms with Gasteiger partial charge in [-0.05, 0) is 35.0 Å². The lowest BCUT2D eigenvalue weighted by Gasteiger charge is -2.20. The third kappa shape index (κ3) is 4.04. The molecule has 0 aromatic heterocycles. The minimum atomic E-state index is -3.80. The summed E-state index contributed by atoms with van der Waals surface area (Å²) in [5, 5.41) is 10.6. The molecule has 0 saturated carbocycles. The number of benzene rings is 3. The smallest absolute Gasteiger partial charge is 0.303 e. The number of carbonyl (C=O) groups is 2. The van der Waals surface area contributed by atoms with Crippen LogP contribution in [0.4, 0.5) is 5.69 Å². The zero-order chi connectivity index (χ0) is 20.3. The molecule has 0 unspecified atom stereocenters. The maximum absolute atomic E-state index is 12.9. The van der Waals surface area contributed by atoms with E-state index < -0.39 is 16.0 Å². The number of rotatable bonds is 7. The predicted octanol–water partition coefficient (Wildman–Crippen LogP) is 3.71. The normalized spacial score (nSPS) is 11.3. The second-order valence-electron chi connectivity index (χ2n) is 6.35. The van der Waals surface area contributed by atoms with E-state index in [1.165, 1.54) is 35.6 Å². The van der Waals surface area contributed by atoms with Crippen molar-refractivity contribution in [3.63, 3.8) is 0 Å².